The summed E-state index contributed by atoms with van der Waals surface area (Å²) < 4.78 is 20.3. The fourth-order valence-corrected chi connectivity index (χ4v) is 4.78. The Kier molecular flexibility index (Phi) is 7.44. The van der Waals surface area contributed by atoms with Crippen LogP contribution in [0.15, 0.2) is 85.5 Å². The van der Waals surface area contributed by atoms with Gasteiger partial charge in [-0.3, -0.25) is 9.59 Å². The van der Waals surface area contributed by atoms with E-state index in [4.69, 9.17) is 4.74 Å². The number of ether oxygens (including phenoxy) is 1. The number of rotatable bonds is 8. The lowest BCUT2D eigenvalue weighted by atomic mass is 9.95. The van der Waals surface area contributed by atoms with E-state index in [9.17, 15) is 14.0 Å². The lowest BCUT2D eigenvalue weighted by Crippen LogP contribution is -2.44. The van der Waals surface area contributed by atoms with Crippen molar-refractivity contribution in [1.82, 2.24) is 19.7 Å². The summed E-state index contributed by atoms with van der Waals surface area (Å²) in [5.41, 5.74) is 2.96. The molecule has 3 aromatic carbocycles. The van der Waals surface area contributed by atoms with E-state index in [1.54, 1.807) is 41.3 Å². The van der Waals surface area contributed by atoms with Crippen LogP contribution < -0.4 is 10.1 Å². The molecule has 0 bridgehead atoms. The number of nitrogens with zero attached hydrogens (tertiary/aromatic N) is 4. The highest BCUT2D eigenvalue weighted by Gasteiger charge is 2.39. The second-order valence-corrected chi connectivity index (χ2v) is 9.52. The van der Waals surface area contributed by atoms with E-state index in [0.717, 1.165) is 6.42 Å². The van der Waals surface area contributed by atoms with Gasteiger partial charge in [-0.1, -0.05) is 29.8 Å². The third-order valence-electron chi connectivity index (χ3n) is 6.55. The van der Waals surface area contributed by atoms with E-state index in [-0.39, 0.29) is 30.1 Å². The summed E-state index contributed by atoms with van der Waals surface area (Å²) in [6, 6.07) is 20.4. The molecule has 8 nitrogen and oxygen atoms in total. The van der Waals surface area contributed by atoms with Gasteiger partial charge in [0.15, 0.2) is 0 Å². The SMILES string of the molecule is Cc1cccc(C[C@@H]2C[C@@H](C(=O)Nc3ccc(Oc4ccc(F)cc4)cc3)N(C(=O)Cn3cncn3)C2)c1. The van der Waals surface area contributed by atoms with Crippen LogP contribution in [-0.2, 0) is 22.6 Å². The fraction of sp³-hybridized carbons (Fsp3) is 0.241. The number of likely N-dealkylation sites (tertiary alicyclic amines) is 1. The van der Waals surface area contributed by atoms with Crippen LogP contribution >= 0.6 is 0 Å². The van der Waals surface area contributed by atoms with E-state index in [2.05, 4.69) is 40.5 Å². The van der Waals surface area contributed by atoms with Crippen molar-refractivity contribution in [2.45, 2.75) is 32.4 Å². The van der Waals surface area contributed by atoms with Gasteiger partial charge in [0.1, 0.15) is 42.6 Å². The maximum Gasteiger partial charge on any atom is 0.247 e. The number of anilines is 1. The minimum atomic E-state index is -0.601. The summed E-state index contributed by atoms with van der Waals surface area (Å²) in [4.78, 5) is 32.1. The molecule has 0 aliphatic carbocycles. The maximum absolute atomic E-state index is 13.4. The van der Waals surface area contributed by atoms with Gasteiger partial charge in [0.2, 0.25) is 11.8 Å². The largest absolute Gasteiger partial charge is 0.457 e. The second-order valence-electron chi connectivity index (χ2n) is 9.52. The van der Waals surface area contributed by atoms with Gasteiger partial charge >= 0.3 is 0 Å². The predicted octanol–water partition coefficient (Wildman–Crippen LogP) is 4.62. The minimum Gasteiger partial charge on any atom is -0.457 e. The number of benzene rings is 3. The highest BCUT2D eigenvalue weighted by atomic mass is 19.1. The van der Waals surface area contributed by atoms with Crippen molar-refractivity contribution in [1.29, 1.82) is 0 Å². The van der Waals surface area contributed by atoms with Crippen molar-refractivity contribution in [2.75, 3.05) is 11.9 Å². The number of hydrogen-bond acceptors (Lipinski definition) is 5. The first-order valence-electron chi connectivity index (χ1n) is 12.4. The van der Waals surface area contributed by atoms with Crippen LogP contribution in [0.25, 0.3) is 0 Å². The molecule has 1 N–H and O–H groups in total. The predicted molar refractivity (Wildman–Crippen MR) is 140 cm³/mol. The molecule has 194 valence electrons. The molecule has 0 saturated carbocycles. The average molecular weight is 514 g/mol. The third-order valence-corrected chi connectivity index (χ3v) is 6.55. The zero-order chi connectivity index (χ0) is 26.5. The first-order chi connectivity index (χ1) is 18.4. The molecule has 0 spiro atoms. The molecule has 2 atom stereocenters. The van der Waals surface area contributed by atoms with Gasteiger partial charge in [0.05, 0.1) is 0 Å². The second kappa shape index (κ2) is 11.2. The fourth-order valence-electron chi connectivity index (χ4n) is 4.78. The number of hydrogen-bond donors (Lipinski definition) is 1. The third kappa shape index (κ3) is 6.23. The maximum atomic E-state index is 13.4. The van der Waals surface area contributed by atoms with E-state index in [1.165, 1.54) is 40.6 Å². The minimum absolute atomic E-state index is 0.0242. The van der Waals surface area contributed by atoms with Crippen molar-refractivity contribution < 1.29 is 18.7 Å². The quantitative estimate of drug-likeness (QED) is 0.372. The Morgan fingerprint density at radius 2 is 1.79 bits per heavy atom. The van der Waals surface area contributed by atoms with Crippen molar-refractivity contribution in [3.05, 3.63) is 102 Å². The Bertz CT molecular complexity index is 1390. The van der Waals surface area contributed by atoms with Gasteiger partial charge in [-0.2, -0.15) is 5.10 Å². The van der Waals surface area contributed by atoms with Crippen molar-refractivity contribution in [3.63, 3.8) is 0 Å². The normalized spacial score (nSPS) is 16.8. The number of aromatic nitrogens is 3. The molecule has 1 fully saturated rings. The molecule has 0 unspecified atom stereocenters. The van der Waals surface area contributed by atoms with Crippen molar-refractivity contribution in [3.8, 4) is 11.5 Å². The molecular formula is C29H28FN5O3. The number of carbonyl (C=O) groups is 2. The molecule has 1 saturated heterocycles. The van der Waals surface area contributed by atoms with Crippen LogP contribution in [0.4, 0.5) is 10.1 Å². The first-order valence-corrected chi connectivity index (χ1v) is 12.4. The molecule has 1 aromatic heterocycles. The molecule has 38 heavy (non-hydrogen) atoms. The summed E-state index contributed by atoms with van der Waals surface area (Å²) in [6.07, 6.45) is 4.22. The Morgan fingerprint density at radius 1 is 1.05 bits per heavy atom. The zero-order valence-electron chi connectivity index (χ0n) is 21.0. The van der Waals surface area contributed by atoms with E-state index in [0.29, 0.717) is 30.2 Å². The first kappa shape index (κ1) is 25.1. The van der Waals surface area contributed by atoms with Crippen molar-refractivity contribution in [2.24, 2.45) is 5.92 Å². The number of amides is 2. The van der Waals surface area contributed by atoms with Crippen LogP contribution in [-0.4, -0.2) is 44.1 Å². The molecule has 4 aromatic rings. The molecule has 1 aliphatic heterocycles. The summed E-state index contributed by atoms with van der Waals surface area (Å²) in [6.45, 7) is 2.57. The van der Waals surface area contributed by atoms with Gasteiger partial charge in [-0.05, 0) is 79.8 Å². The lowest BCUT2D eigenvalue weighted by Gasteiger charge is -2.24. The number of carbonyl (C=O) groups excluding carboxylic acids is 2. The van der Waals surface area contributed by atoms with Gasteiger partial charge in [0, 0.05) is 12.2 Å². The van der Waals surface area contributed by atoms with Crippen LogP contribution in [0, 0.1) is 18.7 Å². The summed E-state index contributed by atoms with van der Waals surface area (Å²) >= 11 is 0. The number of nitrogens with one attached hydrogen (secondary N) is 1. The highest BCUT2D eigenvalue weighted by Crippen LogP contribution is 2.29. The Hall–Kier alpha value is -4.53. The lowest BCUT2D eigenvalue weighted by molar-refractivity contribution is -0.137. The van der Waals surface area contributed by atoms with E-state index in [1.807, 2.05) is 6.07 Å². The average Bonchev–Trinajstić information content (AvgIpc) is 3.57. The smallest absolute Gasteiger partial charge is 0.247 e. The van der Waals surface area contributed by atoms with Gasteiger partial charge in [-0.15, -0.1) is 0 Å². The van der Waals surface area contributed by atoms with Gasteiger partial charge in [0.25, 0.3) is 0 Å². The van der Waals surface area contributed by atoms with Crippen LogP contribution in [0.1, 0.15) is 17.5 Å². The Labute approximate surface area is 220 Å². The monoisotopic (exact) mass is 513 g/mol. The molecule has 9 heteroatoms. The molecule has 5 rings (SSSR count). The molecule has 1 aliphatic rings. The van der Waals surface area contributed by atoms with Crippen LogP contribution in [0.5, 0.6) is 11.5 Å². The topological polar surface area (TPSA) is 89.4 Å². The number of aryl methyl sites for hydroxylation is 1. The van der Waals surface area contributed by atoms with Gasteiger partial charge in [-0.25, -0.2) is 14.1 Å². The van der Waals surface area contributed by atoms with Gasteiger partial charge < -0.3 is 15.0 Å². The van der Waals surface area contributed by atoms with E-state index < -0.39 is 6.04 Å². The highest BCUT2D eigenvalue weighted by molar-refractivity contribution is 5.97. The summed E-state index contributed by atoms with van der Waals surface area (Å²) in [7, 11) is 0. The molecule has 2 amide bonds. The number of halogens is 1. The molecular weight excluding hydrogens is 485 g/mol. The molecule has 2 heterocycles. The summed E-state index contributed by atoms with van der Waals surface area (Å²) in [5.74, 6) is 0.464. The molecule has 0 radical (unpaired) electrons. The standard InChI is InChI=1S/C29H28FN5O3/c1-20-3-2-4-21(13-20)14-22-15-27(35(16-22)28(36)17-34-19-31-18-32-34)29(37)33-24-7-11-26(12-8-24)38-25-9-5-23(30)6-10-25/h2-13,18-19,22,27H,14-17H2,1H3,(H,33,37)/t22-,27+/m1/s1. The Morgan fingerprint density at radius 3 is 2.47 bits per heavy atom. The van der Waals surface area contributed by atoms with Crippen molar-refractivity contribution >= 4 is 17.5 Å². The zero-order valence-corrected chi connectivity index (χ0v) is 21.0. The summed E-state index contributed by atoms with van der Waals surface area (Å²) in [5, 5.41) is 6.98. The van der Waals surface area contributed by atoms with E-state index >= 15 is 0 Å². The van der Waals surface area contributed by atoms with Crippen LogP contribution in [0.3, 0.4) is 0 Å². The Balaban J connectivity index is 1.27. The van der Waals surface area contributed by atoms with Crippen LogP contribution in [0.2, 0.25) is 0 Å².